The van der Waals surface area contributed by atoms with Crippen molar-refractivity contribution in [3.8, 4) is 5.75 Å². The molecule has 0 radical (unpaired) electrons. The zero-order chi connectivity index (χ0) is 15.8. The number of nitrogens with one attached hydrogen (secondary N) is 1. The summed E-state index contributed by atoms with van der Waals surface area (Å²) in [6, 6.07) is 10.9. The van der Waals surface area contributed by atoms with E-state index in [2.05, 4.69) is 15.3 Å². The second-order valence-electron chi connectivity index (χ2n) is 4.70. The average Bonchev–Trinajstić information content (AvgIpc) is 2.54. The van der Waals surface area contributed by atoms with Crippen LogP contribution in [-0.4, -0.2) is 34.2 Å². The molecule has 1 aromatic carbocycles. The van der Waals surface area contributed by atoms with Crippen LogP contribution in [0.25, 0.3) is 0 Å². The summed E-state index contributed by atoms with van der Waals surface area (Å²) in [6.45, 7) is 3.15. The number of aromatic carboxylic acids is 1. The molecule has 22 heavy (non-hydrogen) atoms. The molecule has 0 atom stereocenters. The second kappa shape index (κ2) is 7.97. The zero-order valence-corrected chi connectivity index (χ0v) is 12.5. The topological polar surface area (TPSA) is 84.3 Å². The number of ether oxygens (including phenoxy) is 1. The molecule has 116 valence electrons. The van der Waals surface area contributed by atoms with Crippen LogP contribution in [-0.2, 0) is 6.42 Å². The summed E-state index contributed by atoms with van der Waals surface area (Å²) in [4.78, 5) is 19.5. The number of nitrogens with zero attached hydrogens (tertiary/aromatic N) is 2. The smallest absolute Gasteiger partial charge is 0.354 e. The summed E-state index contributed by atoms with van der Waals surface area (Å²) in [7, 11) is 0. The number of benzene rings is 1. The second-order valence-corrected chi connectivity index (χ2v) is 4.70. The van der Waals surface area contributed by atoms with Crippen molar-refractivity contribution >= 4 is 11.8 Å². The Hall–Kier alpha value is -2.63. The van der Waals surface area contributed by atoms with Crippen LogP contribution in [0.15, 0.2) is 36.4 Å². The van der Waals surface area contributed by atoms with E-state index in [1.54, 1.807) is 0 Å². The van der Waals surface area contributed by atoms with Crippen molar-refractivity contribution in [2.24, 2.45) is 0 Å². The first kappa shape index (κ1) is 15.8. The molecule has 0 saturated carbocycles. The monoisotopic (exact) mass is 301 g/mol. The molecule has 0 amide bonds. The maximum absolute atomic E-state index is 11.1. The van der Waals surface area contributed by atoms with Gasteiger partial charge in [-0.05, 0) is 18.6 Å². The minimum atomic E-state index is -1.06. The maximum atomic E-state index is 11.1. The fraction of sp³-hybridized carbons (Fsp3) is 0.312. The highest BCUT2D eigenvalue weighted by Gasteiger charge is 2.10. The largest absolute Gasteiger partial charge is 0.493 e. The van der Waals surface area contributed by atoms with E-state index >= 15 is 0 Å². The third kappa shape index (κ3) is 4.73. The standard InChI is InChI=1S/C16H19N3O3/c1-2-9-17-15-11-13(16(20)21)18-14(19-15)8-10-22-12-6-4-3-5-7-12/h3-7,11H,2,8-10H2,1H3,(H,20,21)(H,17,18,19). The molecule has 6 heteroatoms. The number of carboxylic acids is 1. The highest BCUT2D eigenvalue weighted by Crippen LogP contribution is 2.11. The summed E-state index contributed by atoms with van der Waals surface area (Å²) in [5.41, 5.74) is -0.0108. The number of carboxylic acid groups (broad SMARTS) is 1. The fourth-order valence-electron chi connectivity index (χ4n) is 1.84. The molecule has 0 bridgehead atoms. The molecule has 2 N–H and O–H groups in total. The molecule has 0 aliphatic heterocycles. The van der Waals surface area contributed by atoms with Crippen molar-refractivity contribution in [3.63, 3.8) is 0 Å². The van der Waals surface area contributed by atoms with Crippen molar-refractivity contribution in [2.75, 3.05) is 18.5 Å². The van der Waals surface area contributed by atoms with E-state index in [0.29, 0.717) is 24.7 Å². The van der Waals surface area contributed by atoms with Gasteiger partial charge in [0.1, 0.15) is 17.4 Å². The summed E-state index contributed by atoms with van der Waals surface area (Å²) in [5.74, 6) is 0.687. The quantitative estimate of drug-likeness (QED) is 0.779. The Morgan fingerprint density at radius 3 is 2.73 bits per heavy atom. The first-order valence-corrected chi connectivity index (χ1v) is 7.22. The lowest BCUT2D eigenvalue weighted by Crippen LogP contribution is -2.12. The molecule has 2 aromatic rings. The van der Waals surface area contributed by atoms with E-state index in [0.717, 1.165) is 18.7 Å². The third-order valence-corrected chi connectivity index (χ3v) is 2.89. The van der Waals surface area contributed by atoms with Gasteiger partial charge < -0.3 is 15.2 Å². The first-order valence-electron chi connectivity index (χ1n) is 7.22. The van der Waals surface area contributed by atoms with Crippen LogP contribution < -0.4 is 10.1 Å². The molecule has 0 unspecified atom stereocenters. The Bertz CT molecular complexity index is 617. The van der Waals surface area contributed by atoms with Crippen LogP contribution in [0.4, 0.5) is 5.82 Å². The zero-order valence-electron chi connectivity index (χ0n) is 12.5. The minimum Gasteiger partial charge on any atom is -0.493 e. The van der Waals surface area contributed by atoms with Crippen molar-refractivity contribution in [3.05, 3.63) is 47.9 Å². The lowest BCUT2D eigenvalue weighted by Gasteiger charge is -2.09. The van der Waals surface area contributed by atoms with Gasteiger partial charge in [-0.1, -0.05) is 25.1 Å². The van der Waals surface area contributed by atoms with Gasteiger partial charge in [-0.3, -0.25) is 0 Å². The Morgan fingerprint density at radius 2 is 2.05 bits per heavy atom. The number of aromatic nitrogens is 2. The van der Waals surface area contributed by atoms with Gasteiger partial charge in [-0.25, -0.2) is 14.8 Å². The fourth-order valence-corrected chi connectivity index (χ4v) is 1.84. The average molecular weight is 301 g/mol. The van der Waals surface area contributed by atoms with Gasteiger partial charge in [0, 0.05) is 19.0 Å². The molecule has 0 aliphatic rings. The summed E-state index contributed by atoms with van der Waals surface area (Å²) < 4.78 is 5.58. The Kier molecular flexibility index (Phi) is 5.71. The van der Waals surface area contributed by atoms with Gasteiger partial charge in [-0.2, -0.15) is 0 Å². The van der Waals surface area contributed by atoms with Crippen molar-refractivity contribution in [1.82, 2.24) is 9.97 Å². The Balaban J connectivity index is 2.02. The molecule has 0 saturated heterocycles. The number of hydrogen-bond acceptors (Lipinski definition) is 5. The Labute approximate surface area is 129 Å². The van der Waals surface area contributed by atoms with E-state index in [4.69, 9.17) is 9.84 Å². The highest BCUT2D eigenvalue weighted by molar-refractivity contribution is 5.86. The molecule has 0 fully saturated rings. The van der Waals surface area contributed by atoms with Gasteiger partial charge in [0.15, 0.2) is 5.69 Å². The first-order chi connectivity index (χ1) is 10.7. The van der Waals surface area contributed by atoms with Crippen LogP contribution in [0, 0.1) is 0 Å². The lowest BCUT2D eigenvalue weighted by molar-refractivity contribution is 0.0690. The number of carbonyl (C=O) groups is 1. The van der Waals surface area contributed by atoms with Crippen molar-refractivity contribution < 1.29 is 14.6 Å². The molecule has 6 nitrogen and oxygen atoms in total. The van der Waals surface area contributed by atoms with Crippen LogP contribution in [0.1, 0.15) is 29.7 Å². The van der Waals surface area contributed by atoms with E-state index < -0.39 is 5.97 Å². The predicted octanol–water partition coefficient (Wildman–Crippen LogP) is 2.62. The van der Waals surface area contributed by atoms with E-state index in [9.17, 15) is 4.79 Å². The maximum Gasteiger partial charge on any atom is 0.354 e. The molecule has 0 aliphatic carbocycles. The normalized spacial score (nSPS) is 10.2. The SMILES string of the molecule is CCCNc1cc(C(=O)O)nc(CCOc2ccccc2)n1. The van der Waals surface area contributed by atoms with Crippen LogP contribution in [0.3, 0.4) is 0 Å². The van der Waals surface area contributed by atoms with Crippen LogP contribution in [0.2, 0.25) is 0 Å². The number of rotatable bonds is 8. The number of anilines is 1. The highest BCUT2D eigenvalue weighted by atomic mass is 16.5. The minimum absolute atomic E-state index is 0.0108. The molecular formula is C16H19N3O3. The Morgan fingerprint density at radius 1 is 1.27 bits per heavy atom. The van der Waals surface area contributed by atoms with E-state index in [1.807, 2.05) is 37.3 Å². The van der Waals surface area contributed by atoms with Gasteiger partial charge in [0.25, 0.3) is 0 Å². The van der Waals surface area contributed by atoms with Gasteiger partial charge in [0.05, 0.1) is 6.61 Å². The molecule has 1 aromatic heterocycles. The predicted molar refractivity (Wildman–Crippen MR) is 83.4 cm³/mol. The summed E-state index contributed by atoms with van der Waals surface area (Å²) in [6.07, 6.45) is 1.37. The lowest BCUT2D eigenvalue weighted by atomic mass is 10.3. The van der Waals surface area contributed by atoms with Gasteiger partial charge in [-0.15, -0.1) is 0 Å². The van der Waals surface area contributed by atoms with Crippen molar-refractivity contribution in [1.29, 1.82) is 0 Å². The molecular weight excluding hydrogens is 282 g/mol. The van der Waals surface area contributed by atoms with Gasteiger partial charge in [0.2, 0.25) is 0 Å². The van der Waals surface area contributed by atoms with Crippen molar-refractivity contribution in [2.45, 2.75) is 19.8 Å². The van der Waals surface area contributed by atoms with Crippen LogP contribution in [0.5, 0.6) is 5.75 Å². The van der Waals surface area contributed by atoms with E-state index in [-0.39, 0.29) is 5.69 Å². The summed E-state index contributed by atoms with van der Waals surface area (Å²) >= 11 is 0. The van der Waals surface area contributed by atoms with E-state index in [1.165, 1.54) is 6.07 Å². The summed E-state index contributed by atoms with van der Waals surface area (Å²) in [5, 5.41) is 12.2. The third-order valence-electron chi connectivity index (χ3n) is 2.89. The van der Waals surface area contributed by atoms with Gasteiger partial charge >= 0.3 is 5.97 Å². The number of hydrogen-bond donors (Lipinski definition) is 2. The molecule has 0 spiro atoms. The molecule has 2 rings (SSSR count). The van der Waals surface area contributed by atoms with Crippen LogP contribution >= 0.6 is 0 Å². The number of para-hydroxylation sites is 1. The molecule has 1 heterocycles.